The molecule has 2 aromatic heterocycles. The summed E-state index contributed by atoms with van der Waals surface area (Å²) in [6.07, 6.45) is 5.10. The molecule has 0 aromatic carbocycles. The predicted octanol–water partition coefficient (Wildman–Crippen LogP) is 1.51. The predicted molar refractivity (Wildman–Crippen MR) is 64.2 cm³/mol. The lowest BCUT2D eigenvalue weighted by molar-refractivity contribution is 0.171. The molecule has 3 nitrogen and oxygen atoms in total. The average Bonchev–Trinajstić information content (AvgIpc) is 2.79. The summed E-state index contributed by atoms with van der Waals surface area (Å²) in [5.74, 6) is 0. The van der Waals surface area contributed by atoms with Gasteiger partial charge in [0.15, 0.2) is 0 Å². The van der Waals surface area contributed by atoms with Crippen molar-refractivity contribution in [1.82, 2.24) is 9.13 Å². The Bertz CT molecular complexity index is 414. The Labute approximate surface area is 95.9 Å². The van der Waals surface area contributed by atoms with Crippen molar-refractivity contribution in [2.24, 2.45) is 14.1 Å². The van der Waals surface area contributed by atoms with Gasteiger partial charge in [0.25, 0.3) is 0 Å². The summed E-state index contributed by atoms with van der Waals surface area (Å²) in [6, 6.07) is 8.11. The zero-order valence-corrected chi connectivity index (χ0v) is 9.80. The Hall–Kier alpha value is -1.48. The van der Waals surface area contributed by atoms with Gasteiger partial charge in [0.05, 0.1) is 6.10 Å². The number of nitrogens with zero attached hydrogens (tertiary/aromatic N) is 2. The maximum Gasteiger partial charge on any atom is 0.0649 e. The molecule has 0 aliphatic heterocycles. The summed E-state index contributed by atoms with van der Waals surface area (Å²) in [5, 5.41) is 10.0. The van der Waals surface area contributed by atoms with Gasteiger partial charge in [-0.2, -0.15) is 0 Å². The van der Waals surface area contributed by atoms with Crippen molar-refractivity contribution in [3.05, 3.63) is 48.0 Å². The zero-order chi connectivity index (χ0) is 11.5. The van der Waals surface area contributed by atoms with Crippen molar-refractivity contribution in [3.8, 4) is 0 Å². The van der Waals surface area contributed by atoms with Crippen LogP contribution in [0.25, 0.3) is 0 Å². The van der Waals surface area contributed by atoms with Crippen LogP contribution < -0.4 is 0 Å². The van der Waals surface area contributed by atoms with Crippen molar-refractivity contribution in [3.63, 3.8) is 0 Å². The van der Waals surface area contributed by atoms with Crippen LogP contribution in [0.3, 0.4) is 0 Å². The SMILES string of the molecule is Cn1cccc1CC(O)Cc1cccn1C. The van der Waals surface area contributed by atoms with Crippen molar-refractivity contribution in [2.75, 3.05) is 0 Å². The first-order valence-corrected chi connectivity index (χ1v) is 5.55. The largest absolute Gasteiger partial charge is 0.392 e. The van der Waals surface area contributed by atoms with Gasteiger partial charge in [0.1, 0.15) is 0 Å². The quantitative estimate of drug-likeness (QED) is 0.828. The highest BCUT2D eigenvalue weighted by Crippen LogP contribution is 2.09. The third-order valence-electron chi connectivity index (χ3n) is 2.99. The van der Waals surface area contributed by atoms with E-state index in [9.17, 15) is 5.11 Å². The van der Waals surface area contributed by atoms with E-state index in [4.69, 9.17) is 0 Å². The van der Waals surface area contributed by atoms with Crippen LogP contribution in [0.1, 0.15) is 11.4 Å². The first-order chi connectivity index (χ1) is 7.66. The summed E-state index contributed by atoms with van der Waals surface area (Å²) >= 11 is 0. The summed E-state index contributed by atoms with van der Waals surface area (Å²) < 4.78 is 4.10. The minimum absolute atomic E-state index is 0.317. The van der Waals surface area contributed by atoms with Gasteiger partial charge in [-0.05, 0) is 24.3 Å². The van der Waals surface area contributed by atoms with E-state index in [1.165, 1.54) is 11.4 Å². The Morgan fingerprint density at radius 2 is 1.44 bits per heavy atom. The fourth-order valence-corrected chi connectivity index (χ4v) is 1.97. The Morgan fingerprint density at radius 3 is 1.75 bits per heavy atom. The second kappa shape index (κ2) is 4.58. The van der Waals surface area contributed by atoms with Crippen LogP contribution in [0.2, 0.25) is 0 Å². The minimum atomic E-state index is -0.317. The molecular weight excluding hydrogens is 200 g/mol. The van der Waals surface area contributed by atoms with Crippen LogP contribution in [-0.2, 0) is 26.9 Å². The van der Waals surface area contributed by atoms with E-state index in [1.54, 1.807) is 0 Å². The van der Waals surface area contributed by atoms with Gasteiger partial charge in [-0.25, -0.2) is 0 Å². The number of aliphatic hydroxyl groups is 1. The molecule has 16 heavy (non-hydrogen) atoms. The van der Waals surface area contributed by atoms with E-state index >= 15 is 0 Å². The minimum Gasteiger partial charge on any atom is -0.392 e. The van der Waals surface area contributed by atoms with Crippen LogP contribution >= 0.6 is 0 Å². The summed E-state index contributed by atoms with van der Waals surface area (Å²) in [4.78, 5) is 0. The van der Waals surface area contributed by atoms with E-state index in [2.05, 4.69) is 0 Å². The van der Waals surface area contributed by atoms with E-state index in [1.807, 2.05) is 59.9 Å². The standard InChI is InChI=1S/C13H18N2O/c1-14-7-3-5-11(14)9-13(16)10-12-6-4-8-15(12)2/h3-8,13,16H,9-10H2,1-2H3. The molecule has 0 atom stereocenters. The summed E-state index contributed by atoms with van der Waals surface area (Å²) in [5.41, 5.74) is 2.34. The van der Waals surface area contributed by atoms with Crippen molar-refractivity contribution in [2.45, 2.75) is 18.9 Å². The van der Waals surface area contributed by atoms with E-state index in [-0.39, 0.29) is 6.10 Å². The van der Waals surface area contributed by atoms with Gasteiger partial charge in [0, 0.05) is 50.7 Å². The molecule has 0 aliphatic rings. The smallest absolute Gasteiger partial charge is 0.0649 e. The van der Waals surface area contributed by atoms with Crippen molar-refractivity contribution in [1.29, 1.82) is 0 Å². The van der Waals surface area contributed by atoms with E-state index in [0.717, 1.165) is 0 Å². The number of rotatable bonds is 4. The summed E-state index contributed by atoms with van der Waals surface area (Å²) in [6.45, 7) is 0. The molecular formula is C13H18N2O. The van der Waals surface area contributed by atoms with Gasteiger partial charge < -0.3 is 14.2 Å². The molecule has 3 heteroatoms. The number of hydrogen-bond donors (Lipinski definition) is 1. The highest BCUT2D eigenvalue weighted by molar-refractivity contribution is 5.11. The highest BCUT2D eigenvalue weighted by Gasteiger charge is 2.10. The third kappa shape index (κ3) is 2.36. The molecule has 1 N–H and O–H groups in total. The molecule has 0 spiro atoms. The highest BCUT2D eigenvalue weighted by atomic mass is 16.3. The molecule has 2 aromatic rings. The number of hydrogen-bond acceptors (Lipinski definition) is 1. The number of aromatic nitrogens is 2. The molecule has 0 saturated carbocycles. The normalized spacial score (nSPS) is 11.2. The van der Waals surface area contributed by atoms with Crippen LogP contribution in [-0.4, -0.2) is 20.3 Å². The molecule has 86 valence electrons. The third-order valence-corrected chi connectivity index (χ3v) is 2.99. The van der Waals surface area contributed by atoms with Crippen LogP contribution in [0.5, 0.6) is 0 Å². The van der Waals surface area contributed by atoms with Crippen LogP contribution in [0.15, 0.2) is 36.7 Å². The Morgan fingerprint density at radius 1 is 1.00 bits per heavy atom. The lowest BCUT2D eigenvalue weighted by atomic mass is 10.1. The number of aryl methyl sites for hydroxylation is 2. The molecule has 0 unspecified atom stereocenters. The lowest BCUT2D eigenvalue weighted by Gasteiger charge is -2.12. The molecule has 2 heterocycles. The Kier molecular flexibility index (Phi) is 3.15. The molecule has 2 rings (SSSR count). The van der Waals surface area contributed by atoms with Crippen LogP contribution in [0, 0.1) is 0 Å². The summed E-state index contributed by atoms with van der Waals surface area (Å²) in [7, 11) is 4.01. The maximum absolute atomic E-state index is 10.0. The fraction of sp³-hybridized carbons (Fsp3) is 0.385. The Balaban J connectivity index is 1.97. The van der Waals surface area contributed by atoms with E-state index < -0.39 is 0 Å². The molecule has 0 bridgehead atoms. The van der Waals surface area contributed by atoms with Crippen molar-refractivity contribution >= 4 is 0 Å². The van der Waals surface area contributed by atoms with Gasteiger partial charge in [-0.3, -0.25) is 0 Å². The van der Waals surface area contributed by atoms with Gasteiger partial charge in [0.2, 0.25) is 0 Å². The van der Waals surface area contributed by atoms with Crippen LogP contribution in [0.4, 0.5) is 0 Å². The first-order valence-electron chi connectivity index (χ1n) is 5.55. The molecule has 0 fully saturated rings. The zero-order valence-electron chi connectivity index (χ0n) is 9.80. The molecule has 0 amide bonds. The van der Waals surface area contributed by atoms with Crippen molar-refractivity contribution < 1.29 is 5.11 Å². The molecule has 0 aliphatic carbocycles. The fourth-order valence-electron chi connectivity index (χ4n) is 1.97. The van der Waals surface area contributed by atoms with E-state index in [0.29, 0.717) is 12.8 Å². The second-order valence-electron chi connectivity index (χ2n) is 4.28. The monoisotopic (exact) mass is 218 g/mol. The average molecular weight is 218 g/mol. The van der Waals surface area contributed by atoms with Gasteiger partial charge in [-0.15, -0.1) is 0 Å². The topological polar surface area (TPSA) is 30.1 Å². The second-order valence-corrected chi connectivity index (χ2v) is 4.28. The lowest BCUT2D eigenvalue weighted by Crippen LogP contribution is -2.17. The number of aliphatic hydroxyl groups excluding tert-OH is 1. The first kappa shape index (κ1) is 11.0. The van der Waals surface area contributed by atoms with Gasteiger partial charge >= 0.3 is 0 Å². The molecule has 0 saturated heterocycles. The maximum atomic E-state index is 10.0. The van der Waals surface area contributed by atoms with Gasteiger partial charge in [-0.1, -0.05) is 0 Å². The molecule has 0 radical (unpaired) electrons.